The lowest BCUT2D eigenvalue weighted by atomic mass is 9.80. The van der Waals surface area contributed by atoms with Crippen molar-refractivity contribution in [3.05, 3.63) is 0 Å². The zero-order valence-corrected chi connectivity index (χ0v) is 30.7. The summed E-state index contributed by atoms with van der Waals surface area (Å²) >= 11 is 0. The Balaban J connectivity index is 1.73. The van der Waals surface area contributed by atoms with E-state index >= 15 is 0 Å². The summed E-state index contributed by atoms with van der Waals surface area (Å²) in [7, 11) is 5.36. The first-order valence-electron chi connectivity index (χ1n) is 17.7. The van der Waals surface area contributed by atoms with Gasteiger partial charge in [0.2, 0.25) is 11.8 Å². The number of likely N-dealkylation sites (N-methyl/N-ethyl adjacent to an activating group) is 2. The van der Waals surface area contributed by atoms with Crippen molar-refractivity contribution >= 4 is 11.8 Å². The van der Waals surface area contributed by atoms with Crippen molar-refractivity contribution in [1.29, 1.82) is 0 Å². The van der Waals surface area contributed by atoms with Gasteiger partial charge in [-0.15, -0.1) is 0 Å². The molecule has 47 heavy (non-hydrogen) atoms. The summed E-state index contributed by atoms with van der Waals surface area (Å²) in [6.07, 6.45) is -1.41. The summed E-state index contributed by atoms with van der Waals surface area (Å²) < 4.78 is 32.1. The lowest BCUT2D eigenvalue weighted by Gasteiger charge is -2.47. The van der Waals surface area contributed by atoms with Crippen LogP contribution in [0.2, 0.25) is 0 Å². The van der Waals surface area contributed by atoms with E-state index in [1.54, 1.807) is 32.9 Å². The summed E-state index contributed by atoms with van der Waals surface area (Å²) in [6, 6.07) is -0.124. The zero-order chi connectivity index (χ0) is 35.1. The van der Waals surface area contributed by atoms with Crippen LogP contribution in [0.4, 0.5) is 0 Å². The van der Waals surface area contributed by atoms with Crippen LogP contribution in [-0.4, -0.2) is 133 Å². The molecule has 3 saturated heterocycles. The second-order valence-electron chi connectivity index (χ2n) is 15.8. The average molecular weight is 670 g/mol. The third kappa shape index (κ3) is 7.85. The van der Waals surface area contributed by atoms with Crippen LogP contribution >= 0.6 is 0 Å². The van der Waals surface area contributed by atoms with Crippen LogP contribution in [0, 0.1) is 23.2 Å². The van der Waals surface area contributed by atoms with E-state index in [0.29, 0.717) is 19.4 Å². The van der Waals surface area contributed by atoms with E-state index in [0.717, 1.165) is 19.4 Å². The monoisotopic (exact) mass is 669 g/mol. The quantitative estimate of drug-likeness (QED) is 0.354. The third-order valence-corrected chi connectivity index (χ3v) is 11.8. The first-order valence-corrected chi connectivity index (χ1v) is 17.7. The van der Waals surface area contributed by atoms with E-state index in [-0.39, 0.29) is 54.2 Å². The Morgan fingerprint density at radius 3 is 2.40 bits per heavy atom. The third-order valence-electron chi connectivity index (χ3n) is 11.8. The molecule has 4 fully saturated rings. The number of carbonyl (C=O) groups excluding carboxylic acids is 2. The van der Waals surface area contributed by atoms with Gasteiger partial charge < -0.3 is 49.0 Å². The minimum atomic E-state index is -0.912. The summed E-state index contributed by atoms with van der Waals surface area (Å²) in [5.74, 6) is -1.36. The second-order valence-corrected chi connectivity index (χ2v) is 15.8. The summed E-state index contributed by atoms with van der Waals surface area (Å²) in [6.45, 7) is 17.2. The molecule has 3 heterocycles. The molecule has 4 aliphatic rings. The van der Waals surface area contributed by atoms with Crippen LogP contribution in [0.1, 0.15) is 87.5 Å². The number of nitrogens with zero attached hydrogens (tertiary/aromatic N) is 2. The average Bonchev–Trinajstić information content (AvgIpc) is 3.60. The van der Waals surface area contributed by atoms with Gasteiger partial charge in [0.05, 0.1) is 42.0 Å². The highest BCUT2D eigenvalue weighted by molar-refractivity contribution is 5.85. The number of hydrogen-bond acceptors (Lipinski definition) is 10. The number of ether oxygens (including phenoxy) is 5. The predicted molar refractivity (Wildman–Crippen MR) is 176 cm³/mol. The molecule has 1 aliphatic carbocycles. The maximum atomic E-state index is 13.7. The van der Waals surface area contributed by atoms with Crippen LogP contribution in [0.3, 0.4) is 0 Å². The number of aliphatic hydroxyl groups is 2. The van der Waals surface area contributed by atoms with E-state index in [4.69, 9.17) is 23.7 Å². The first kappa shape index (κ1) is 38.4. The number of hydrogen-bond donors (Lipinski definition) is 3. The molecular weight excluding hydrogens is 606 g/mol. The molecule has 3 aliphatic heterocycles. The van der Waals surface area contributed by atoms with Crippen molar-refractivity contribution in [2.45, 2.75) is 148 Å². The minimum Gasteiger partial charge on any atom is -0.387 e. The van der Waals surface area contributed by atoms with Gasteiger partial charge in [-0.2, -0.15) is 0 Å². The van der Waals surface area contributed by atoms with Crippen LogP contribution in [0.15, 0.2) is 0 Å². The minimum absolute atomic E-state index is 0.107. The highest BCUT2D eigenvalue weighted by atomic mass is 16.7. The fourth-order valence-corrected chi connectivity index (χ4v) is 8.79. The highest BCUT2D eigenvalue weighted by Crippen LogP contribution is 2.67. The molecule has 272 valence electrons. The molecule has 0 aromatic heterocycles. The fourth-order valence-electron chi connectivity index (χ4n) is 8.79. The summed E-state index contributed by atoms with van der Waals surface area (Å²) in [5.41, 5.74) is -2.07. The van der Waals surface area contributed by atoms with Crippen molar-refractivity contribution in [1.82, 2.24) is 15.1 Å². The standard InChI is InChI=1S/C35H63N3O9/c1-12-13-37(9)25-14-21(3)44-32(28(25)40)47-35-19-33(35,7)15-20(2)18-38(10)26(39)17-36-31(42)22(4)29(23(35)5)46-27-16-34(8,43-11)30(41)24(6)45-27/h20-25,27-30,32,40-41H,12-19H2,1-11H3,(H,36,42)/t20-,21-,22-,23+,24+,25+,27+,28-,29-,30+,32+,33+,34-,35-/m1/s1. The van der Waals surface area contributed by atoms with Crippen molar-refractivity contribution in [3.63, 3.8) is 0 Å². The van der Waals surface area contributed by atoms with Gasteiger partial charge >= 0.3 is 0 Å². The van der Waals surface area contributed by atoms with E-state index in [9.17, 15) is 19.8 Å². The molecule has 14 atom stereocenters. The molecule has 3 N–H and O–H groups in total. The molecule has 0 aromatic rings. The number of aliphatic hydroxyl groups excluding tert-OH is 2. The number of amides is 2. The Morgan fingerprint density at radius 2 is 1.77 bits per heavy atom. The Bertz CT molecular complexity index is 1100. The molecule has 12 heteroatoms. The van der Waals surface area contributed by atoms with Crippen LogP contribution in [-0.2, 0) is 33.3 Å². The van der Waals surface area contributed by atoms with Gasteiger partial charge in [-0.25, -0.2) is 0 Å². The number of fused-ring (bicyclic) bond motifs is 1. The van der Waals surface area contributed by atoms with Gasteiger partial charge in [0, 0.05) is 44.5 Å². The van der Waals surface area contributed by atoms with Crippen molar-refractivity contribution in [2.24, 2.45) is 23.2 Å². The van der Waals surface area contributed by atoms with E-state index < -0.39 is 54.1 Å². The molecular formula is C35H63N3O9. The molecule has 0 unspecified atom stereocenters. The Morgan fingerprint density at radius 1 is 1.09 bits per heavy atom. The molecule has 4 rings (SSSR count). The second kappa shape index (κ2) is 14.8. The van der Waals surface area contributed by atoms with E-state index in [1.807, 2.05) is 20.9 Å². The molecule has 0 radical (unpaired) electrons. The fraction of sp³-hybridized carbons (Fsp3) is 0.943. The number of carbonyl (C=O) groups is 2. The van der Waals surface area contributed by atoms with Gasteiger partial charge in [0.25, 0.3) is 0 Å². The Kier molecular flexibility index (Phi) is 12.1. The van der Waals surface area contributed by atoms with Gasteiger partial charge in [-0.3, -0.25) is 9.59 Å². The molecule has 1 saturated carbocycles. The van der Waals surface area contributed by atoms with Gasteiger partial charge in [0.1, 0.15) is 12.2 Å². The molecule has 0 spiro atoms. The number of nitrogens with one attached hydrogen (secondary N) is 1. The first-order chi connectivity index (χ1) is 21.9. The molecule has 0 bridgehead atoms. The lowest BCUT2D eigenvalue weighted by molar-refractivity contribution is -0.312. The summed E-state index contributed by atoms with van der Waals surface area (Å²) in [5, 5.41) is 25.4. The van der Waals surface area contributed by atoms with Crippen molar-refractivity contribution < 1.29 is 43.5 Å². The number of methoxy groups -OCH3 is 1. The largest absolute Gasteiger partial charge is 0.387 e. The molecule has 0 aromatic carbocycles. The topological polar surface area (TPSA) is 139 Å². The van der Waals surface area contributed by atoms with Crippen LogP contribution in [0.5, 0.6) is 0 Å². The number of rotatable bonds is 8. The Hall–Kier alpha value is -1.38. The zero-order valence-electron chi connectivity index (χ0n) is 30.7. The SMILES string of the molecule is CCCN(C)[C@H]1C[C@@H](C)O[C@@H](O[C@@]23C[C@]2(C)C[C@@H](C)CN(C)C(=O)CNC(=O)[C@H](C)[C@@H](O[C@H]2C[C@@](C)(OC)[C@@H](O)[C@H](C)O2)[C@@H]3C)[C@@H]1O. The summed E-state index contributed by atoms with van der Waals surface area (Å²) in [4.78, 5) is 30.6. The maximum absolute atomic E-state index is 13.7. The molecule has 2 amide bonds. The maximum Gasteiger partial charge on any atom is 0.241 e. The van der Waals surface area contributed by atoms with Crippen molar-refractivity contribution in [2.75, 3.05) is 40.8 Å². The predicted octanol–water partition coefficient (Wildman–Crippen LogP) is 2.53. The smallest absolute Gasteiger partial charge is 0.241 e. The van der Waals surface area contributed by atoms with E-state index in [2.05, 4.69) is 37.9 Å². The lowest BCUT2D eigenvalue weighted by Crippen LogP contribution is -2.59. The van der Waals surface area contributed by atoms with Crippen LogP contribution in [0.25, 0.3) is 0 Å². The normalized spacial score (nSPS) is 47.0. The van der Waals surface area contributed by atoms with E-state index in [1.165, 1.54) is 0 Å². The molecule has 12 nitrogen and oxygen atoms in total. The Labute approximate surface area is 282 Å². The highest BCUT2D eigenvalue weighted by Gasteiger charge is 2.71. The van der Waals surface area contributed by atoms with Crippen molar-refractivity contribution in [3.8, 4) is 0 Å². The van der Waals surface area contributed by atoms with Crippen LogP contribution < -0.4 is 5.32 Å². The van der Waals surface area contributed by atoms with Gasteiger partial charge in [-0.05, 0) is 66.0 Å². The van der Waals surface area contributed by atoms with Gasteiger partial charge in [0.15, 0.2) is 12.6 Å². The van der Waals surface area contributed by atoms with Gasteiger partial charge in [-0.1, -0.05) is 34.6 Å².